The third-order valence-electron chi connectivity index (χ3n) is 6.07. The van der Waals surface area contributed by atoms with Crippen LogP contribution < -0.4 is 15.5 Å². The molecule has 2 amide bonds. The number of hydrogen-bond donors (Lipinski definition) is 2. The Morgan fingerprint density at radius 2 is 1.71 bits per heavy atom. The van der Waals surface area contributed by atoms with Crippen molar-refractivity contribution in [3.63, 3.8) is 0 Å². The fraction of sp³-hybridized carbons (Fsp3) is 0.440. The number of carbonyl (C=O) groups is 2. The molecule has 2 heterocycles. The average Bonchev–Trinajstić information content (AvgIpc) is 3.32. The first-order chi connectivity index (χ1) is 15.2. The van der Waals surface area contributed by atoms with Crippen molar-refractivity contribution < 1.29 is 14.3 Å². The maximum atomic E-state index is 12.8. The Labute approximate surface area is 184 Å². The van der Waals surface area contributed by atoms with Crippen LogP contribution in [0.2, 0.25) is 0 Å². The Kier molecular flexibility index (Phi) is 7.20. The van der Waals surface area contributed by atoms with Gasteiger partial charge in [0.15, 0.2) is 0 Å². The molecular weight excluding hydrogens is 390 g/mol. The van der Waals surface area contributed by atoms with E-state index in [1.165, 1.54) is 0 Å². The van der Waals surface area contributed by atoms with Gasteiger partial charge in [0.05, 0.1) is 18.1 Å². The lowest BCUT2D eigenvalue weighted by molar-refractivity contribution is -0.121. The molecule has 164 valence electrons. The molecule has 0 bridgehead atoms. The van der Waals surface area contributed by atoms with Gasteiger partial charge in [-0.05, 0) is 43.4 Å². The van der Waals surface area contributed by atoms with Gasteiger partial charge in [-0.2, -0.15) is 0 Å². The van der Waals surface area contributed by atoms with Crippen LogP contribution in [-0.4, -0.2) is 50.2 Å². The minimum atomic E-state index is -0.0515. The highest BCUT2D eigenvalue weighted by Crippen LogP contribution is 2.24. The van der Waals surface area contributed by atoms with Gasteiger partial charge < -0.3 is 20.3 Å². The number of carbonyl (C=O) groups excluding carboxylic acids is 2. The first kappa shape index (κ1) is 21.4. The Bertz CT molecular complexity index is 873. The summed E-state index contributed by atoms with van der Waals surface area (Å²) in [6, 6.07) is 17.8. The van der Waals surface area contributed by atoms with Crippen molar-refractivity contribution in [3.05, 3.63) is 65.7 Å². The highest BCUT2D eigenvalue weighted by Gasteiger charge is 2.24. The molecule has 2 saturated heterocycles. The number of nitrogens with one attached hydrogen (secondary N) is 2. The van der Waals surface area contributed by atoms with E-state index in [1.807, 2.05) is 54.6 Å². The van der Waals surface area contributed by atoms with Crippen molar-refractivity contribution in [1.29, 1.82) is 0 Å². The molecule has 2 N–H and O–H groups in total. The summed E-state index contributed by atoms with van der Waals surface area (Å²) in [5.74, 6) is 0.0166. The molecule has 6 nitrogen and oxygen atoms in total. The normalized spacial score (nSPS) is 19.2. The summed E-state index contributed by atoms with van der Waals surface area (Å²) in [4.78, 5) is 27.4. The zero-order valence-corrected chi connectivity index (χ0v) is 17.9. The summed E-state index contributed by atoms with van der Waals surface area (Å²) in [5.41, 5.74) is 2.69. The topological polar surface area (TPSA) is 70.7 Å². The zero-order valence-electron chi connectivity index (χ0n) is 17.9. The molecule has 0 aliphatic carbocycles. The number of hydrogen-bond acceptors (Lipinski definition) is 4. The largest absolute Gasteiger partial charge is 0.376 e. The molecule has 0 radical (unpaired) electrons. The molecule has 2 aromatic carbocycles. The predicted molar refractivity (Wildman–Crippen MR) is 121 cm³/mol. The van der Waals surface area contributed by atoms with Gasteiger partial charge in [0.1, 0.15) is 0 Å². The summed E-state index contributed by atoms with van der Waals surface area (Å²) in [6.07, 6.45) is 4.35. The molecule has 2 fully saturated rings. The quantitative estimate of drug-likeness (QED) is 0.721. The second kappa shape index (κ2) is 10.4. The number of nitrogens with zero attached hydrogens (tertiary/aromatic N) is 1. The summed E-state index contributed by atoms with van der Waals surface area (Å²) in [7, 11) is 0. The molecule has 0 aromatic heterocycles. The number of piperidine rings is 1. The van der Waals surface area contributed by atoms with Gasteiger partial charge in [-0.3, -0.25) is 9.59 Å². The molecule has 4 rings (SSSR count). The van der Waals surface area contributed by atoms with Crippen LogP contribution in [0.4, 0.5) is 5.69 Å². The van der Waals surface area contributed by atoms with Crippen LogP contribution in [0.15, 0.2) is 54.6 Å². The number of ether oxygens (including phenoxy) is 1. The summed E-state index contributed by atoms with van der Waals surface area (Å²) in [6.45, 7) is 2.97. The molecule has 2 aromatic rings. The van der Waals surface area contributed by atoms with E-state index >= 15 is 0 Å². The molecule has 0 saturated carbocycles. The second-order valence-corrected chi connectivity index (χ2v) is 8.35. The van der Waals surface area contributed by atoms with Crippen LogP contribution >= 0.6 is 0 Å². The van der Waals surface area contributed by atoms with E-state index in [-0.39, 0.29) is 24.0 Å². The van der Waals surface area contributed by atoms with Gasteiger partial charge in [-0.1, -0.05) is 42.5 Å². The van der Waals surface area contributed by atoms with Crippen molar-refractivity contribution in [3.8, 4) is 0 Å². The fourth-order valence-electron chi connectivity index (χ4n) is 4.37. The standard InChI is InChI=1S/C25H31N3O3/c29-24(17-19-7-2-1-3-8-19)27-20-12-14-28(15-13-20)23-11-5-4-10-22(23)25(30)26-18-21-9-6-16-31-21/h1-5,7-8,10-11,20-21H,6,9,12-18H2,(H,26,30)(H,27,29)/t21-/m0/s1. The maximum absolute atomic E-state index is 12.8. The lowest BCUT2D eigenvalue weighted by Gasteiger charge is -2.35. The Morgan fingerprint density at radius 1 is 0.968 bits per heavy atom. The smallest absolute Gasteiger partial charge is 0.253 e. The van der Waals surface area contributed by atoms with Gasteiger partial charge in [0.25, 0.3) is 5.91 Å². The lowest BCUT2D eigenvalue weighted by atomic mass is 10.0. The number of anilines is 1. The highest BCUT2D eigenvalue weighted by molar-refractivity contribution is 5.99. The van der Waals surface area contributed by atoms with Gasteiger partial charge in [0.2, 0.25) is 5.91 Å². The van der Waals surface area contributed by atoms with Crippen LogP contribution in [0.1, 0.15) is 41.6 Å². The third-order valence-corrected chi connectivity index (χ3v) is 6.07. The van der Waals surface area contributed by atoms with Crippen LogP contribution in [-0.2, 0) is 16.0 Å². The van der Waals surface area contributed by atoms with E-state index in [9.17, 15) is 9.59 Å². The fourth-order valence-corrected chi connectivity index (χ4v) is 4.37. The van der Waals surface area contributed by atoms with Crippen LogP contribution in [0, 0.1) is 0 Å². The van der Waals surface area contributed by atoms with E-state index < -0.39 is 0 Å². The maximum Gasteiger partial charge on any atom is 0.253 e. The van der Waals surface area contributed by atoms with Gasteiger partial charge in [-0.15, -0.1) is 0 Å². The first-order valence-corrected chi connectivity index (χ1v) is 11.3. The van der Waals surface area contributed by atoms with E-state index in [2.05, 4.69) is 15.5 Å². The van der Waals surface area contributed by atoms with Crippen molar-refractivity contribution >= 4 is 17.5 Å². The van der Waals surface area contributed by atoms with Crippen LogP contribution in [0.5, 0.6) is 0 Å². The number of amides is 2. The molecule has 6 heteroatoms. The summed E-state index contributed by atoms with van der Waals surface area (Å²) in [5, 5.41) is 6.20. The SMILES string of the molecule is O=C(Cc1ccccc1)NC1CCN(c2ccccc2C(=O)NC[C@@H]2CCCO2)CC1. The second-order valence-electron chi connectivity index (χ2n) is 8.35. The highest BCUT2D eigenvalue weighted by atomic mass is 16.5. The monoisotopic (exact) mass is 421 g/mol. The Hall–Kier alpha value is -2.86. The van der Waals surface area contributed by atoms with Crippen molar-refractivity contribution in [1.82, 2.24) is 10.6 Å². The molecular formula is C25H31N3O3. The minimum absolute atomic E-state index is 0.0515. The summed E-state index contributed by atoms with van der Waals surface area (Å²) >= 11 is 0. The minimum Gasteiger partial charge on any atom is -0.376 e. The number of para-hydroxylation sites is 1. The molecule has 31 heavy (non-hydrogen) atoms. The van der Waals surface area contributed by atoms with E-state index in [0.717, 1.165) is 56.6 Å². The number of rotatable bonds is 7. The molecule has 1 atom stereocenters. The van der Waals surface area contributed by atoms with Crippen molar-refractivity contribution in [2.24, 2.45) is 0 Å². The molecule has 2 aliphatic rings. The van der Waals surface area contributed by atoms with Crippen LogP contribution in [0.25, 0.3) is 0 Å². The van der Waals surface area contributed by atoms with E-state index in [1.54, 1.807) is 0 Å². The Balaban J connectivity index is 1.29. The third kappa shape index (κ3) is 5.85. The average molecular weight is 422 g/mol. The zero-order chi connectivity index (χ0) is 21.5. The molecule has 0 spiro atoms. The number of benzene rings is 2. The predicted octanol–water partition coefficient (Wildman–Crippen LogP) is 2.92. The van der Waals surface area contributed by atoms with Crippen LogP contribution in [0.3, 0.4) is 0 Å². The molecule has 0 unspecified atom stereocenters. The van der Waals surface area contributed by atoms with Gasteiger partial charge in [-0.25, -0.2) is 0 Å². The van der Waals surface area contributed by atoms with E-state index in [0.29, 0.717) is 18.5 Å². The van der Waals surface area contributed by atoms with E-state index in [4.69, 9.17) is 4.74 Å². The lowest BCUT2D eigenvalue weighted by Crippen LogP contribution is -2.45. The summed E-state index contributed by atoms with van der Waals surface area (Å²) < 4.78 is 5.61. The van der Waals surface area contributed by atoms with Gasteiger partial charge in [0, 0.05) is 38.0 Å². The van der Waals surface area contributed by atoms with Gasteiger partial charge >= 0.3 is 0 Å². The van der Waals surface area contributed by atoms with Crippen molar-refractivity contribution in [2.45, 2.75) is 44.2 Å². The first-order valence-electron chi connectivity index (χ1n) is 11.3. The Morgan fingerprint density at radius 3 is 2.45 bits per heavy atom. The van der Waals surface area contributed by atoms with Crippen molar-refractivity contribution in [2.75, 3.05) is 31.1 Å². The molecule has 2 aliphatic heterocycles.